The zero-order valence-electron chi connectivity index (χ0n) is 32.7. The molecule has 0 bridgehead atoms. The van der Waals surface area contributed by atoms with Gasteiger partial charge < -0.3 is 4.57 Å². The largest absolute Gasteiger partial charge is 0.309 e. The fraction of sp³-hybridized carbons (Fsp3) is 0.0175. The van der Waals surface area contributed by atoms with Gasteiger partial charge in [-0.05, 0) is 81.4 Å². The van der Waals surface area contributed by atoms with E-state index in [9.17, 15) is 0 Å². The van der Waals surface area contributed by atoms with Gasteiger partial charge in [0.05, 0.1) is 27.7 Å². The number of aromatic nitrogens is 3. The molecule has 0 unspecified atom stereocenters. The number of nitrogens with zero attached hydrogens (tertiary/aromatic N) is 3. The minimum atomic E-state index is -0.629. The first-order chi connectivity index (χ1) is 29.8. The summed E-state index contributed by atoms with van der Waals surface area (Å²) in [5, 5.41) is 3.41. The SMILES string of the molecule is c1ccc(-c2cccc(-c3nc(-c4ccc5c(c4)c4ccccc4n5-c4ccccc4)c4ccc5c(c4n3)C(c3ccccc3)(c3ccccc3)c3ccccc3-5)c2)cc1. The van der Waals surface area contributed by atoms with Crippen LogP contribution in [0.2, 0.25) is 0 Å². The van der Waals surface area contributed by atoms with Crippen LogP contribution in [-0.4, -0.2) is 14.5 Å². The van der Waals surface area contributed by atoms with Gasteiger partial charge in [0.1, 0.15) is 0 Å². The molecular formula is C57H37N3. The highest BCUT2D eigenvalue weighted by Crippen LogP contribution is 2.58. The quantitative estimate of drug-likeness (QED) is 0.169. The summed E-state index contributed by atoms with van der Waals surface area (Å²) in [5.74, 6) is 0.696. The third kappa shape index (κ3) is 5.09. The van der Waals surface area contributed by atoms with Gasteiger partial charge in [-0.3, -0.25) is 0 Å². The predicted molar refractivity (Wildman–Crippen MR) is 247 cm³/mol. The second kappa shape index (κ2) is 13.6. The van der Waals surface area contributed by atoms with Gasteiger partial charge in [0, 0.05) is 38.5 Å². The number of hydrogen-bond acceptors (Lipinski definition) is 2. The lowest BCUT2D eigenvalue weighted by Gasteiger charge is -2.34. The number of benzene rings is 9. The van der Waals surface area contributed by atoms with E-state index in [4.69, 9.17) is 9.97 Å². The van der Waals surface area contributed by atoms with E-state index in [1.807, 2.05) is 0 Å². The molecule has 0 radical (unpaired) electrons. The van der Waals surface area contributed by atoms with E-state index in [0.29, 0.717) is 5.82 Å². The molecule has 280 valence electrons. The summed E-state index contributed by atoms with van der Waals surface area (Å²) in [5.41, 5.74) is 16.3. The highest BCUT2D eigenvalue weighted by atomic mass is 15.0. The Bertz CT molecular complexity index is 3370. The van der Waals surface area contributed by atoms with Crippen LogP contribution in [0.15, 0.2) is 224 Å². The van der Waals surface area contributed by atoms with E-state index in [-0.39, 0.29) is 0 Å². The Kier molecular flexibility index (Phi) is 7.76. The molecule has 0 spiro atoms. The van der Waals surface area contributed by atoms with Gasteiger partial charge in [0.15, 0.2) is 5.82 Å². The average Bonchev–Trinajstić information content (AvgIpc) is 3.83. The summed E-state index contributed by atoms with van der Waals surface area (Å²) >= 11 is 0. The fourth-order valence-corrected chi connectivity index (χ4v) is 9.91. The molecule has 9 aromatic carbocycles. The van der Waals surface area contributed by atoms with Gasteiger partial charge in [-0.15, -0.1) is 0 Å². The Morgan fingerprint density at radius 1 is 0.367 bits per heavy atom. The van der Waals surface area contributed by atoms with Crippen LogP contribution in [0.1, 0.15) is 22.3 Å². The number of rotatable bonds is 6. The third-order valence-electron chi connectivity index (χ3n) is 12.5. The minimum absolute atomic E-state index is 0.629. The molecule has 1 aliphatic rings. The molecule has 0 aliphatic heterocycles. The lowest BCUT2D eigenvalue weighted by atomic mass is 9.67. The van der Waals surface area contributed by atoms with Crippen molar-refractivity contribution in [3.8, 4) is 50.6 Å². The molecular weight excluding hydrogens is 727 g/mol. The van der Waals surface area contributed by atoms with Crippen molar-refractivity contribution in [1.29, 1.82) is 0 Å². The number of fused-ring (bicyclic) bond motifs is 8. The molecule has 0 atom stereocenters. The van der Waals surface area contributed by atoms with Gasteiger partial charge in [0.25, 0.3) is 0 Å². The third-order valence-corrected chi connectivity index (χ3v) is 12.5. The first-order valence-corrected chi connectivity index (χ1v) is 20.6. The van der Waals surface area contributed by atoms with E-state index in [1.165, 1.54) is 49.7 Å². The van der Waals surface area contributed by atoms with Gasteiger partial charge in [-0.25, -0.2) is 9.97 Å². The van der Waals surface area contributed by atoms with Crippen molar-refractivity contribution in [3.05, 3.63) is 247 Å². The molecule has 0 saturated carbocycles. The van der Waals surface area contributed by atoms with Crippen LogP contribution >= 0.6 is 0 Å². The maximum atomic E-state index is 5.71. The summed E-state index contributed by atoms with van der Waals surface area (Å²) in [6, 6.07) is 80.9. The van der Waals surface area contributed by atoms with Crippen LogP contribution in [0.5, 0.6) is 0 Å². The van der Waals surface area contributed by atoms with Crippen molar-refractivity contribution in [1.82, 2.24) is 14.5 Å². The number of hydrogen-bond donors (Lipinski definition) is 0. The smallest absolute Gasteiger partial charge is 0.160 e. The molecule has 2 heterocycles. The van der Waals surface area contributed by atoms with Crippen LogP contribution in [0.25, 0.3) is 83.3 Å². The van der Waals surface area contributed by atoms with Gasteiger partial charge in [-0.1, -0.05) is 182 Å². The Hall–Kier alpha value is -7.88. The Morgan fingerprint density at radius 2 is 0.983 bits per heavy atom. The van der Waals surface area contributed by atoms with Gasteiger partial charge in [-0.2, -0.15) is 0 Å². The van der Waals surface area contributed by atoms with Crippen molar-refractivity contribution in [2.45, 2.75) is 5.41 Å². The van der Waals surface area contributed by atoms with Crippen LogP contribution in [-0.2, 0) is 5.41 Å². The standard InChI is InChI=1S/C57H37N3/c1-5-18-38(19-6-1)39-20-17-21-41(36-39)56-58-54(40-32-35-52-49(37-40)46-29-14-16-31-51(46)60(52)44-26-11-4-12-27-44)48-34-33-47-45-28-13-15-30-50(45)57(53(47)55(48)59-56,42-22-7-2-8-23-42)43-24-9-3-10-25-43/h1-37H. The molecule has 0 amide bonds. The van der Waals surface area contributed by atoms with Gasteiger partial charge in [0.2, 0.25) is 0 Å². The van der Waals surface area contributed by atoms with Crippen LogP contribution in [0.4, 0.5) is 0 Å². The highest BCUT2D eigenvalue weighted by molar-refractivity contribution is 6.12. The van der Waals surface area contributed by atoms with Crippen LogP contribution in [0, 0.1) is 0 Å². The summed E-state index contributed by atoms with van der Waals surface area (Å²) in [6.07, 6.45) is 0. The maximum Gasteiger partial charge on any atom is 0.160 e. The zero-order chi connectivity index (χ0) is 39.6. The summed E-state index contributed by atoms with van der Waals surface area (Å²) < 4.78 is 2.37. The highest BCUT2D eigenvalue weighted by Gasteiger charge is 2.47. The van der Waals surface area contributed by atoms with Crippen molar-refractivity contribution in [2.24, 2.45) is 0 Å². The number of para-hydroxylation sites is 2. The van der Waals surface area contributed by atoms with E-state index < -0.39 is 5.41 Å². The molecule has 0 fully saturated rings. The second-order valence-corrected chi connectivity index (χ2v) is 15.7. The van der Waals surface area contributed by atoms with E-state index in [2.05, 4.69) is 229 Å². The normalized spacial score (nSPS) is 12.8. The molecule has 2 aromatic heterocycles. The zero-order valence-corrected chi connectivity index (χ0v) is 32.7. The minimum Gasteiger partial charge on any atom is -0.309 e. The lowest BCUT2D eigenvalue weighted by molar-refractivity contribution is 0.773. The van der Waals surface area contributed by atoms with E-state index >= 15 is 0 Å². The molecule has 0 N–H and O–H groups in total. The monoisotopic (exact) mass is 763 g/mol. The second-order valence-electron chi connectivity index (χ2n) is 15.7. The first-order valence-electron chi connectivity index (χ1n) is 20.6. The molecule has 1 aliphatic carbocycles. The Balaban J connectivity index is 1.20. The predicted octanol–water partition coefficient (Wildman–Crippen LogP) is 14.1. The Labute approximate surface area is 348 Å². The average molecular weight is 764 g/mol. The summed E-state index contributed by atoms with van der Waals surface area (Å²) in [7, 11) is 0. The van der Waals surface area contributed by atoms with Crippen molar-refractivity contribution in [2.75, 3.05) is 0 Å². The molecule has 3 heteroatoms. The molecule has 12 rings (SSSR count). The van der Waals surface area contributed by atoms with Crippen LogP contribution in [0.3, 0.4) is 0 Å². The van der Waals surface area contributed by atoms with Crippen molar-refractivity contribution in [3.63, 3.8) is 0 Å². The fourth-order valence-electron chi connectivity index (χ4n) is 9.91. The van der Waals surface area contributed by atoms with Gasteiger partial charge >= 0.3 is 0 Å². The van der Waals surface area contributed by atoms with Crippen molar-refractivity contribution < 1.29 is 0 Å². The molecule has 0 saturated heterocycles. The lowest BCUT2D eigenvalue weighted by Crippen LogP contribution is -2.29. The molecule has 3 nitrogen and oxygen atoms in total. The maximum absolute atomic E-state index is 5.71. The summed E-state index contributed by atoms with van der Waals surface area (Å²) in [4.78, 5) is 11.3. The van der Waals surface area contributed by atoms with E-state index in [1.54, 1.807) is 0 Å². The summed E-state index contributed by atoms with van der Waals surface area (Å²) in [6.45, 7) is 0. The first kappa shape index (κ1) is 34.2. The topological polar surface area (TPSA) is 30.7 Å². The molecule has 11 aromatic rings. The Morgan fingerprint density at radius 3 is 1.75 bits per heavy atom. The van der Waals surface area contributed by atoms with E-state index in [0.717, 1.165) is 50.1 Å². The van der Waals surface area contributed by atoms with Crippen LogP contribution < -0.4 is 0 Å². The van der Waals surface area contributed by atoms with Crippen molar-refractivity contribution >= 4 is 32.7 Å². The molecule has 60 heavy (non-hydrogen) atoms.